The Morgan fingerprint density at radius 3 is 2.74 bits per heavy atom. The van der Waals surface area contributed by atoms with Gasteiger partial charge in [0.2, 0.25) is 0 Å². The first-order chi connectivity index (χ1) is 9.38. The zero-order valence-electron chi connectivity index (χ0n) is 10.7. The molecule has 19 heavy (non-hydrogen) atoms. The van der Waals surface area contributed by atoms with Crippen LogP contribution < -0.4 is 5.32 Å². The fourth-order valence-electron chi connectivity index (χ4n) is 2.20. The van der Waals surface area contributed by atoms with E-state index in [2.05, 4.69) is 34.3 Å². The van der Waals surface area contributed by atoms with Crippen LogP contribution in [0.2, 0.25) is 0 Å². The maximum absolute atomic E-state index is 5.52. The van der Waals surface area contributed by atoms with Gasteiger partial charge < -0.3 is 9.73 Å². The van der Waals surface area contributed by atoms with E-state index in [0.29, 0.717) is 0 Å². The van der Waals surface area contributed by atoms with Crippen LogP contribution in [-0.2, 0) is 0 Å². The van der Waals surface area contributed by atoms with Crippen LogP contribution in [0.5, 0.6) is 0 Å². The van der Waals surface area contributed by atoms with E-state index in [1.54, 1.807) is 18.7 Å². The van der Waals surface area contributed by atoms with Crippen LogP contribution in [0.3, 0.4) is 0 Å². The Kier molecular flexibility index (Phi) is 3.25. The molecule has 0 aliphatic rings. The van der Waals surface area contributed by atoms with Crippen molar-refractivity contribution in [2.24, 2.45) is 0 Å². The largest absolute Gasteiger partial charge is 0.467 e. The van der Waals surface area contributed by atoms with Gasteiger partial charge >= 0.3 is 0 Å². The minimum Gasteiger partial charge on any atom is -0.467 e. The molecule has 0 amide bonds. The number of fused-ring (bicyclic) bond motifs is 1. The molecule has 1 N–H and O–H groups in total. The fraction of sp³-hybridized carbons (Fsp3) is 0.200. The third-order valence-electron chi connectivity index (χ3n) is 3.06. The quantitative estimate of drug-likeness (QED) is 0.776. The van der Waals surface area contributed by atoms with E-state index < -0.39 is 0 Å². The van der Waals surface area contributed by atoms with Crippen molar-refractivity contribution in [3.05, 3.63) is 60.3 Å². The summed E-state index contributed by atoms with van der Waals surface area (Å²) in [6, 6.07) is 10.0. The number of furan rings is 1. The third kappa shape index (κ3) is 2.35. The van der Waals surface area contributed by atoms with Crippen LogP contribution in [-0.4, -0.2) is 16.5 Å². The molecule has 96 valence electrons. The second-order valence-electron chi connectivity index (χ2n) is 4.31. The molecule has 1 unspecified atom stereocenters. The molecule has 2 heterocycles. The summed E-state index contributed by atoms with van der Waals surface area (Å²) in [4.78, 5) is 8.63. The number of hydrogen-bond donors (Lipinski definition) is 1. The summed E-state index contributed by atoms with van der Waals surface area (Å²) >= 11 is 0. The number of aromatic nitrogens is 2. The molecule has 1 aromatic carbocycles. The minimum atomic E-state index is 0.0476. The molecule has 0 saturated heterocycles. The third-order valence-corrected chi connectivity index (χ3v) is 3.06. The van der Waals surface area contributed by atoms with Gasteiger partial charge in [-0.3, -0.25) is 9.97 Å². The van der Waals surface area contributed by atoms with Crippen LogP contribution >= 0.6 is 0 Å². The van der Waals surface area contributed by atoms with Crippen molar-refractivity contribution in [1.82, 2.24) is 15.3 Å². The predicted octanol–water partition coefficient (Wildman–Crippen LogP) is 2.92. The monoisotopic (exact) mass is 253 g/mol. The lowest BCUT2D eigenvalue weighted by molar-refractivity contribution is 0.452. The van der Waals surface area contributed by atoms with Crippen molar-refractivity contribution >= 4 is 11.0 Å². The Bertz CT molecular complexity index is 664. The van der Waals surface area contributed by atoms with Crippen molar-refractivity contribution in [3.63, 3.8) is 0 Å². The Morgan fingerprint density at radius 2 is 2.00 bits per heavy atom. The number of benzene rings is 1. The van der Waals surface area contributed by atoms with Gasteiger partial charge in [-0.25, -0.2) is 0 Å². The topological polar surface area (TPSA) is 51.0 Å². The second-order valence-corrected chi connectivity index (χ2v) is 4.31. The highest BCUT2D eigenvalue weighted by Gasteiger charge is 2.16. The molecule has 3 rings (SSSR count). The van der Waals surface area contributed by atoms with E-state index in [0.717, 1.165) is 28.9 Å². The smallest absolute Gasteiger partial charge is 0.125 e. The molecule has 4 heteroatoms. The first-order valence-corrected chi connectivity index (χ1v) is 6.36. The highest BCUT2D eigenvalue weighted by molar-refractivity contribution is 5.74. The van der Waals surface area contributed by atoms with Crippen LogP contribution in [0.1, 0.15) is 24.3 Å². The SMILES string of the molecule is CCNC(c1ccc2nccnc2c1)c1ccco1. The first kappa shape index (κ1) is 11.9. The summed E-state index contributed by atoms with van der Waals surface area (Å²) in [6.45, 7) is 2.95. The standard InChI is InChI=1S/C15H15N3O/c1-2-16-15(14-4-3-9-19-14)11-5-6-12-13(10-11)18-8-7-17-12/h3-10,15-16H,2H2,1H3. The lowest BCUT2D eigenvalue weighted by Gasteiger charge is -2.16. The van der Waals surface area contributed by atoms with Crippen molar-refractivity contribution in [1.29, 1.82) is 0 Å². The zero-order valence-corrected chi connectivity index (χ0v) is 10.7. The fourth-order valence-corrected chi connectivity index (χ4v) is 2.20. The highest BCUT2D eigenvalue weighted by atomic mass is 16.3. The van der Waals surface area contributed by atoms with E-state index >= 15 is 0 Å². The summed E-state index contributed by atoms with van der Waals surface area (Å²) in [5.74, 6) is 0.907. The predicted molar refractivity (Wildman–Crippen MR) is 73.8 cm³/mol. The van der Waals surface area contributed by atoms with Gasteiger partial charge in [-0.1, -0.05) is 13.0 Å². The number of rotatable bonds is 4. The van der Waals surface area contributed by atoms with Crippen LogP contribution in [0.25, 0.3) is 11.0 Å². The van der Waals surface area contributed by atoms with E-state index in [-0.39, 0.29) is 6.04 Å². The lowest BCUT2D eigenvalue weighted by atomic mass is 10.0. The van der Waals surface area contributed by atoms with Gasteiger partial charge in [0.1, 0.15) is 5.76 Å². The Labute approximate surface area is 111 Å². The zero-order chi connectivity index (χ0) is 13.1. The normalized spacial score (nSPS) is 12.7. The molecular formula is C15H15N3O. The molecule has 0 fully saturated rings. The molecule has 0 aliphatic carbocycles. The van der Waals surface area contributed by atoms with Crippen molar-refractivity contribution in [3.8, 4) is 0 Å². The van der Waals surface area contributed by atoms with Gasteiger partial charge in [0.05, 0.1) is 23.3 Å². The molecule has 1 atom stereocenters. The molecule has 0 radical (unpaired) electrons. The average molecular weight is 253 g/mol. The average Bonchev–Trinajstić information content (AvgIpc) is 2.98. The Morgan fingerprint density at radius 1 is 1.16 bits per heavy atom. The molecule has 0 aliphatic heterocycles. The van der Waals surface area contributed by atoms with Crippen LogP contribution in [0.15, 0.2) is 53.4 Å². The van der Waals surface area contributed by atoms with Gasteiger partial charge in [-0.15, -0.1) is 0 Å². The van der Waals surface area contributed by atoms with Crippen molar-refractivity contribution in [2.45, 2.75) is 13.0 Å². The lowest BCUT2D eigenvalue weighted by Crippen LogP contribution is -2.21. The molecular weight excluding hydrogens is 238 g/mol. The van der Waals surface area contributed by atoms with Crippen molar-refractivity contribution in [2.75, 3.05) is 6.54 Å². The summed E-state index contributed by atoms with van der Waals surface area (Å²) in [5, 5.41) is 3.42. The van der Waals surface area contributed by atoms with Crippen LogP contribution in [0.4, 0.5) is 0 Å². The number of hydrogen-bond acceptors (Lipinski definition) is 4. The summed E-state index contributed by atoms with van der Waals surface area (Å²) in [7, 11) is 0. The summed E-state index contributed by atoms with van der Waals surface area (Å²) in [6.07, 6.45) is 5.11. The minimum absolute atomic E-state index is 0.0476. The van der Waals surface area contributed by atoms with Gasteiger partial charge in [0.25, 0.3) is 0 Å². The van der Waals surface area contributed by atoms with Gasteiger partial charge in [0, 0.05) is 12.4 Å². The Hall–Kier alpha value is -2.20. The van der Waals surface area contributed by atoms with E-state index in [9.17, 15) is 0 Å². The molecule has 3 aromatic rings. The van der Waals surface area contributed by atoms with E-state index in [4.69, 9.17) is 4.42 Å². The highest BCUT2D eigenvalue weighted by Crippen LogP contribution is 2.24. The molecule has 2 aromatic heterocycles. The number of nitrogens with one attached hydrogen (secondary N) is 1. The number of nitrogens with zero attached hydrogens (tertiary/aromatic N) is 2. The maximum Gasteiger partial charge on any atom is 0.125 e. The maximum atomic E-state index is 5.52. The summed E-state index contributed by atoms with van der Waals surface area (Å²) in [5.41, 5.74) is 2.93. The van der Waals surface area contributed by atoms with E-state index in [1.807, 2.05) is 18.2 Å². The van der Waals surface area contributed by atoms with Gasteiger partial charge in [-0.05, 0) is 36.4 Å². The van der Waals surface area contributed by atoms with E-state index in [1.165, 1.54) is 0 Å². The molecule has 0 saturated carbocycles. The molecule has 4 nitrogen and oxygen atoms in total. The molecule has 0 spiro atoms. The second kappa shape index (κ2) is 5.20. The first-order valence-electron chi connectivity index (χ1n) is 6.36. The van der Waals surface area contributed by atoms with Gasteiger partial charge in [-0.2, -0.15) is 0 Å². The van der Waals surface area contributed by atoms with Crippen molar-refractivity contribution < 1.29 is 4.42 Å². The summed E-state index contributed by atoms with van der Waals surface area (Å²) < 4.78 is 5.52. The van der Waals surface area contributed by atoms with Gasteiger partial charge in [0.15, 0.2) is 0 Å². The van der Waals surface area contributed by atoms with Crippen LogP contribution in [0, 0.1) is 0 Å². The Balaban J connectivity index is 2.05. The molecule has 0 bridgehead atoms.